The number of carbonyl (C=O) groups excluding carboxylic acids is 1. The normalized spacial score (nSPS) is 34.8. The zero-order valence-corrected chi connectivity index (χ0v) is 24.2. The van der Waals surface area contributed by atoms with Gasteiger partial charge in [0.25, 0.3) is 0 Å². The second-order valence-electron chi connectivity index (χ2n) is 12.7. The van der Waals surface area contributed by atoms with E-state index in [4.69, 9.17) is 11.7 Å². The number of rotatable bonds is 4. The summed E-state index contributed by atoms with van der Waals surface area (Å²) < 4.78 is 15.4. The number of aliphatic hydroxyl groups is 1. The van der Waals surface area contributed by atoms with E-state index >= 15 is 0 Å². The summed E-state index contributed by atoms with van der Waals surface area (Å²) in [6.45, 7) is 4.56. The van der Waals surface area contributed by atoms with Gasteiger partial charge >= 0.3 is 0 Å². The van der Waals surface area contributed by atoms with Gasteiger partial charge < -0.3 is 10.9 Å². The monoisotopic (exact) mass is 566 g/mol. The number of carbonyl (C=O) groups is 1. The van der Waals surface area contributed by atoms with Gasteiger partial charge in [-0.2, -0.15) is 10.2 Å². The fraction of sp³-hybridized carbons (Fsp3) is 0.567. The molecule has 3 fully saturated rings. The van der Waals surface area contributed by atoms with Crippen molar-refractivity contribution in [1.82, 2.24) is 14.8 Å². The molecule has 0 aliphatic heterocycles. The molecule has 1 heterocycles. The number of fused-ring (bicyclic) bond motifs is 6. The van der Waals surface area contributed by atoms with Crippen LogP contribution in [0.5, 0.6) is 0 Å². The summed E-state index contributed by atoms with van der Waals surface area (Å²) in [5.74, 6) is 12.3. The van der Waals surface area contributed by atoms with E-state index in [2.05, 4.69) is 30.1 Å². The predicted molar refractivity (Wildman–Crippen MR) is 156 cm³/mol. The number of benzene rings is 1. The number of Topliss-reactive ketones (excluding diaryl/α,β-unsaturated/α-hetero) is 1. The second kappa shape index (κ2) is 9.99. The van der Waals surface area contributed by atoms with E-state index in [1.165, 1.54) is 34.5 Å². The Balaban J connectivity index is 1.25. The Bertz CT molecular complexity index is 1370. The van der Waals surface area contributed by atoms with Crippen molar-refractivity contribution in [3.05, 3.63) is 53.1 Å². The topological polar surface area (TPSA) is 123 Å². The van der Waals surface area contributed by atoms with Gasteiger partial charge in [-0.1, -0.05) is 31.2 Å². The van der Waals surface area contributed by atoms with E-state index in [0.29, 0.717) is 23.4 Å². The molecule has 0 bridgehead atoms. The molecule has 10 heteroatoms. The first kappa shape index (κ1) is 27.5. The van der Waals surface area contributed by atoms with Gasteiger partial charge in [-0.15, -0.1) is 0 Å². The summed E-state index contributed by atoms with van der Waals surface area (Å²) in [6, 6.07) is 6.44. The largest absolute Gasteiger partial charge is 0.393 e. The molecule has 5 N–H and O–H groups in total. The van der Waals surface area contributed by atoms with E-state index in [0.717, 1.165) is 49.0 Å². The number of aliphatic hydroxyl groups excluding tert-OH is 1. The Hall–Kier alpha value is -2.69. The molecule has 0 spiro atoms. The molecule has 1 aromatic carbocycles. The number of hydrogen-bond donors (Lipinski definition) is 3. The lowest BCUT2D eigenvalue weighted by molar-refractivity contribution is -0.140. The summed E-state index contributed by atoms with van der Waals surface area (Å²) in [4.78, 5) is 13.5. The molecular formula is C30H39FN6O2S. The first-order valence-corrected chi connectivity index (χ1v) is 15.2. The summed E-state index contributed by atoms with van der Waals surface area (Å²) in [5, 5.41) is 22.0. The smallest absolute Gasteiger partial charge is 0.196 e. The lowest BCUT2D eigenvalue weighted by atomic mass is 9.46. The highest BCUT2D eigenvalue weighted by Crippen LogP contribution is 2.66. The average Bonchev–Trinajstić information content (AvgIpc) is 3.47. The molecule has 7 unspecified atom stereocenters. The Morgan fingerprint density at radius 3 is 2.73 bits per heavy atom. The van der Waals surface area contributed by atoms with Crippen molar-refractivity contribution >= 4 is 28.8 Å². The van der Waals surface area contributed by atoms with Gasteiger partial charge in [0, 0.05) is 13.0 Å². The van der Waals surface area contributed by atoms with Crippen molar-refractivity contribution in [2.45, 2.75) is 58.5 Å². The SMILES string of the molecule is CN(N)/C(=N\N)SCC(=O)C1CCC2C3CCC4=Cc5c(cnn5-c5ccc(F)cc5)CC4(C)C3C(O)CC12C. The lowest BCUT2D eigenvalue weighted by Crippen LogP contribution is -2.57. The summed E-state index contributed by atoms with van der Waals surface area (Å²) in [5.41, 5.74) is 4.04. The molecule has 4 aliphatic carbocycles. The second-order valence-corrected chi connectivity index (χ2v) is 13.7. The van der Waals surface area contributed by atoms with Crippen LogP contribution < -0.4 is 11.7 Å². The number of halogens is 1. The molecule has 2 aromatic rings. The number of hydrogen-bond acceptors (Lipinski definition) is 7. The highest BCUT2D eigenvalue weighted by Gasteiger charge is 2.63. The summed E-state index contributed by atoms with van der Waals surface area (Å²) in [7, 11) is 1.65. The molecule has 8 nitrogen and oxygen atoms in total. The molecule has 4 aliphatic rings. The molecule has 0 radical (unpaired) electrons. The third-order valence-corrected chi connectivity index (χ3v) is 11.7. The number of amidine groups is 1. The maximum atomic E-state index is 13.5. The van der Waals surface area contributed by atoms with Crippen molar-refractivity contribution in [3.8, 4) is 5.69 Å². The van der Waals surface area contributed by atoms with Crippen LogP contribution >= 0.6 is 11.8 Å². The van der Waals surface area contributed by atoms with Gasteiger partial charge in [-0.25, -0.2) is 14.9 Å². The number of hydrazone groups is 1. The Labute approximate surface area is 239 Å². The highest BCUT2D eigenvalue weighted by molar-refractivity contribution is 8.14. The maximum absolute atomic E-state index is 13.5. The van der Waals surface area contributed by atoms with Crippen LogP contribution in [-0.4, -0.2) is 49.8 Å². The zero-order chi connectivity index (χ0) is 28.4. The van der Waals surface area contributed by atoms with Gasteiger partial charge in [-0.05, 0) is 103 Å². The molecule has 7 atom stereocenters. The number of ketones is 1. The molecular weight excluding hydrogens is 527 g/mol. The molecule has 0 saturated heterocycles. The van der Waals surface area contributed by atoms with E-state index in [-0.39, 0.29) is 40.0 Å². The van der Waals surface area contributed by atoms with E-state index in [1.807, 2.05) is 10.9 Å². The van der Waals surface area contributed by atoms with E-state index < -0.39 is 6.10 Å². The van der Waals surface area contributed by atoms with Crippen molar-refractivity contribution in [3.63, 3.8) is 0 Å². The van der Waals surface area contributed by atoms with Crippen LogP contribution in [-0.2, 0) is 11.2 Å². The Morgan fingerprint density at radius 1 is 1.27 bits per heavy atom. The number of nitrogens with zero attached hydrogens (tertiary/aromatic N) is 4. The minimum absolute atomic E-state index is 0.0839. The minimum atomic E-state index is -0.481. The number of thioether (sulfide) groups is 1. The number of nitrogens with two attached hydrogens (primary N) is 2. The Morgan fingerprint density at radius 2 is 2.02 bits per heavy atom. The first-order valence-electron chi connectivity index (χ1n) is 14.2. The lowest BCUT2D eigenvalue weighted by Gasteiger charge is -2.59. The highest BCUT2D eigenvalue weighted by atomic mass is 32.2. The van der Waals surface area contributed by atoms with Gasteiger partial charge in [0.1, 0.15) is 11.6 Å². The van der Waals surface area contributed by atoms with E-state index in [1.54, 1.807) is 19.2 Å². The Kier molecular flexibility index (Phi) is 6.86. The standard InChI is InChI=1S/C30H39FN6O2S/c1-29-13-17-15-34-37(20-7-5-19(31)6-8-20)24(17)12-18(29)4-9-21-22-10-11-23(30(22,2)14-25(38)27(21)29)26(39)16-40-28(35-32)36(3)33/h5-8,12,15,21-23,25,27,38H,4,9-11,13-14,16,32-33H2,1-3H3/b35-28+. The molecule has 40 heavy (non-hydrogen) atoms. The van der Waals surface area contributed by atoms with Crippen LogP contribution in [0, 0.1) is 40.3 Å². The molecule has 1 aromatic heterocycles. The van der Waals surface area contributed by atoms with Crippen LogP contribution in [0.3, 0.4) is 0 Å². The third-order valence-electron chi connectivity index (χ3n) is 10.6. The number of allylic oxidation sites excluding steroid dienone is 1. The molecule has 0 amide bonds. The van der Waals surface area contributed by atoms with E-state index in [9.17, 15) is 14.3 Å². The summed E-state index contributed by atoms with van der Waals surface area (Å²) >= 11 is 1.27. The fourth-order valence-electron chi connectivity index (χ4n) is 8.97. The quantitative estimate of drug-likeness (QED) is 0.220. The van der Waals surface area contributed by atoms with Crippen LogP contribution in [0.2, 0.25) is 0 Å². The predicted octanol–water partition coefficient (Wildman–Crippen LogP) is 4.12. The van der Waals surface area contributed by atoms with Crippen molar-refractivity contribution in [1.29, 1.82) is 0 Å². The van der Waals surface area contributed by atoms with Crippen LogP contribution in [0.1, 0.15) is 57.2 Å². The zero-order valence-electron chi connectivity index (χ0n) is 23.4. The molecule has 214 valence electrons. The summed E-state index contributed by atoms with van der Waals surface area (Å²) in [6.07, 6.45) is 9.05. The van der Waals surface area contributed by atoms with Crippen molar-refractivity contribution in [2.75, 3.05) is 12.8 Å². The minimum Gasteiger partial charge on any atom is -0.393 e. The van der Waals surface area contributed by atoms with Crippen LogP contribution in [0.4, 0.5) is 4.39 Å². The van der Waals surface area contributed by atoms with Gasteiger partial charge in [0.05, 0.1) is 29.4 Å². The molecule has 6 rings (SSSR count). The van der Waals surface area contributed by atoms with Crippen molar-refractivity contribution in [2.24, 2.45) is 51.3 Å². The van der Waals surface area contributed by atoms with Crippen LogP contribution in [0.25, 0.3) is 11.8 Å². The van der Waals surface area contributed by atoms with Gasteiger partial charge in [0.2, 0.25) is 0 Å². The molecule has 3 saturated carbocycles. The average molecular weight is 567 g/mol. The fourth-order valence-corrected chi connectivity index (χ4v) is 9.72. The van der Waals surface area contributed by atoms with Crippen molar-refractivity contribution < 1.29 is 14.3 Å². The van der Waals surface area contributed by atoms with Gasteiger partial charge in [-0.3, -0.25) is 9.80 Å². The number of aromatic nitrogens is 2. The maximum Gasteiger partial charge on any atom is 0.196 e. The third kappa shape index (κ3) is 4.21. The van der Waals surface area contributed by atoms with Crippen LogP contribution in [0.15, 0.2) is 41.1 Å². The first-order chi connectivity index (χ1) is 19.1. The number of hydrazine groups is 1. The van der Waals surface area contributed by atoms with Gasteiger partial charge in [0.15, 0.2) is 5.17 Å².